The first-order valence-electron chi connectivity index (χ1n) is 12.1. The van der Waals surface area contributed by atoms with Crippen molar-refractivity contribution in [3.63, 3.8) is 0 Å². The number of hydrogen-bond donors (Lipinski definition) is 2. The zero-order chi connectivity index (χ0) is 22.4. The second-order valence-electron chi connectivity index (χ2n) is 9.13. The van der Waals surface area contributed by atoms with Crippen LogP contribution in [0.5, 0.6) is 0 Å². The van der Waals surface area contributed by atoms with Crippen molar-refractivity contribution in [2.24, 2.45) is 17.8 Å². The van der Waals surface area contributed by atoms with Crippen LogP contribution in [0.1, 0.15) is 98.3 Å². The number of ether oxygens (including phenoxy) is 1. The maximum atomic E-state index is 12.8. The molecule has 1 saturated carbocycles. The van der Waals surface area contributed by atoms with E-state index in [4.69, 9.17) is 4.74 Å². The van der Waals surface area contributed by atoms with E-state index in [2.05, 4.69) is 17.6 Å². The molecule has 174 valence electrons. The van der Waals surface area contributed by atoms with E-state index in [0.717, 1.165) is 31.6 Å². The standard InChI is InChI=1S/C24H44N2O4/c1-5-7-8-9-10-11-19-12-14-20(15-13-19)23(28)26-21(16-18(3)4)24(29)25-17-22(27)30-6-2/h18-21H,5-17H2,1-4H3,(H,25,29)(H,26,28)/t19?,20?,21-/m0/s1. The van der Waals surface area contributed by atoms with Gasteiger partial charge in [-0.2, -0.15) is 0 Å². The van der Waals surface area contributed by atoms with Gasteiger partial charge in [0.05, 0.1) is 6.61 Å². The third-order valence-electron chi connectivity index (χ3n) is 5.99. The van der Waals surface area contributed by atoms with Crippen LogP contribution in [0.25, 0.3) is 0 Å². The molecule has 1 rings (SSSR count). The first-order chi connectivity index (χ1) is 14.4. The van der Waals surface area contributed by atoms with Crippen LogP contribution in [0.3, 0.4) is 0 Å². The molecule has 6 nitrogen and oxygen atoms in total. The normalized spacial score (nSPS) is 19.9. The van der Waals surface area contributed by atoms with Crippen molar-refractivity contribution < 1.29 is 19.1 Å². The Morgan fingerprint density at radius 2 is 1.63 bits per heavy atom. The predicted octanol–water partition coefficient (Wildman–Crippen LogP) is 4.36. The minimum Gasteiger partial charge on any atom is -0.465 e. The zero-order valence-electron chi connectivity index (χ0n) is 19.6. The second-order valence-corrected chi connectivity index (χ2v) is 9.13. The predicted molar refractivity (Wildman–Crippen MR) is 120 cm³/mol. The fourth-order valence-electron chi connectivity index (χ4n) is 4.24. The summed E-state index contributed by atoms with van der Waals surface area (Å²) >= 11 is 0. The highest BCUT2D eigenvalue weighted by Crippen LogP contribution is 2.32. The fourth-order valence-corrected chi connectivity index (χ4v) is 4.24. The van der Waals surface area contributed by atoms with Crippen molar-refractivity contribution in [1.29, 1.82) is 0 Å². The van der Waals surface area contributed by atoms with Gasteiger partial charge >= 0.3 is 5.97 Å². The maximum Gasteiger partial charge on any atom is 0.325 e. The number of amides is 2. The minimum atomic E-state index is -0.608. The highest BCUT2D eigenvalue weighted by Gasteiger charge is 2.29. The number of hydrogen-bond acceptors (Lipinski definition) is 4. The van der Waals surface area contributed by atoms with E-state index in [-0.39, 0.29) is 36.8 Å². The molecule has 0 aromatic carbocycles. The Labute approximate surface area is 183 Å². The molecular formula is C24H44N2O4. The monoisotopic (exact) mass is 424 g/mol. The maximum absolute atomic E-state index is 12.8. The minimum absolute atomic E-state index is 0.00568. The third-order valence-corrected chi connectivity index (χ3v) is 5.99. The number of unbranched alkanes of at least 4 members (excludes halogenated alkanes) is 4. The van der Waals surface area contributed by atoms with Crippen molar-refractivity contribution in [2.45, 2.75) is 104 Å². The number of rotatable bonds is 14. The van der Waals surface area contributed by atoms with E-state index >= 15 is 0 Å². The van der Waals surface area contributed by atoms with Crippen molar-refractivity contribution in [1.82, 2.24) is 10.6 Å². The zero-order valence-corrected chi connectivity index (χ0v) is 19.6. The average molecular weight is 425 g/mol. The molecule has 0 radical (unpaired) electrons. The molecule has 0 saturated heterocycles. The third kappa shape index (κ3) is 11.0. The van der Waals surface area contributed by atoms with Crippen molar-refractivity contribution in [2.75, 3.05) is 13.2 Å². The van der Waals surface area contributed by atoms with Crippen LogP contribution >= 0.6 is 0 Å². The molecule has 0 bridgehead atoms. The molecule has 30 heavy (non-hydrogen) atoms. The molecular weight excluding hydrogens is 380 g/mol. The Bertz CT molecular complexity index is 513. The van der Waals surface area contributed by atoms with Gasteiger partial charge in [-0.3, -0.25) is 14.4 Å². The Morgan fingerprint density at radius 1 is 0.967 bits per heavy atom. The van der Waals surface area contributed by atoms with E-state index in [1.165, 1.54) is 38.5 Å². The summed E-state index contributed by atoms with van der Waals surface area (Å²) in [4.78, 5) is 36.8. The molecule has 0 spiro atoms. The van der Waals surface area contributed by atoms with E-state index < -0.39 is 12.0 Å². The number of nitrogens with one attached hydrogen (secondary N) is 2. The summed E-state index contributed by atoms with van der Waals surface area (Å²) in [6, 6.07) is -0.608. The van der Waals surface area contributed by atoms with Crippen LogP contribution in [0, 0.1) is 17.8 Å². The summed E-state index contributed by atoms with van der Waals surface area (Å²) in [6.45, 7) is 8.11. The lowest BCUT2D eigenvalue weighted by Crippen LogP contribution is -2.50. The lowest BCUT2D eigenvalue weighted by molar-refractivity contribution is -0.143. The molecule has 0 heterocycles. The summed E-state index contributed by atoms with van der Waals surface area (Å²) in [5.41, 5.74) is 0. The quantitative estimate of drug-likeness (QED) is 0.320. The molecule has 2 amide bonds. The Hall–Kier alpha value is -1.59. The van der Waals surface area contributed by atoms with Gasteiger partial charge in [0.15, 0.2) is 0 Å². The van der Waals surface area contributed by atoms with E-state index in [9.17, 15) is 14.4 Å². The SMILES string of the molecule is CCCCCCCC1CCC(C(=O)N[C@@H](CC(C)C)C(=O)NCC(=O)OCC)CC1. The summed E-state index contributed by atoms with van der Waals surface area (Å²) in [5.74, 6) is 0.198. The number of carbonyl (C=O) groups excluding carboxylic acids is 3. The molecule has 0 aromatic heterocycles. The molecule has 1 atom stereocenters. The Morgan fingerprint density at radius 3 is 2.23 bits per heavy atom. The number of carbonyl (C=O) groups is 3. The molecule has 0 unspecified atom stereocenters. The van der Waals surface area contributed by atoms with Gasteiger partial charge in [-0.15, -0.1) is 0 Å². The van der Waals surface area contributed by atoms with Gasteiger partial charge in [0.1, 0.15) is 12.6 Å². The van der Waals surface area contributed by atoms with Crippen molar-refractivity contribution >= 4 is 17.8 Å². The van der Waals surface area contributed by atoms with Crippen LogP contribution in [0.4, 0.5) is 0 Å². The van der Waals surface area contributed by atoms with Crippen molar-refractivity contribution in [3.05, 3.63) is 0 Å². The van der Waals surface area contributed by atoms with E-state index in [1.54, 1.807) is 6.92 Å². The van der Waals surface area contributed by atoms with Gasteiger partial charge in [-0.05, 0) is 50.9 Å². The van der Waals surface area contributed by atoms with Crippen LogP contribution in [-0.2, 0) is 19.1 Å². The summed E-state index contributed by atoms with van der Waals surface area (Å²) in [5, 5.41) is 5.55. The molecule has 6 heteroatoms. The van der Waals surface area contributed by atoms with E-state index in [0.29, 0.717) is 6.42 Å². The van der Waals surface area contributed by atoms with Gasteiger partial charge in [-0.25, -0.2) is 0 Å². The van der Waals surface area contributed by atoms with Gasteiger partial charge in [0, 0.05) is 5.92 Å². The van der Waals surface area contributed by atoms with Crippen LogP contribution in [-0.4, -0.2) is 37.0 Å². The lowest BCUT2D eigenvalue weighted by Gasteiger charge is -2.29. The van der Waals surface area contributed by atoms with Gasteiger partial charge in [-0.1, -0.05) is 59.3 Å². The fraction of sp³-hybridized carbons (Fsp3) is 0.875. The van der Waals surface area contributed by atoms with Crippen molar-refractivity contribution in [3.8, 4) is 0 Å². The Kier molecular flexibility index (Phi) is 13.4. The molecule has 1 aliphatic rings. The molecule has 0 aromatic rings. The lowest BCUT2D eigenvalue weighted by atomic mass is 9.79. The van der Waals surface area contributed by atoms with Crippen LogP contribution < -0.4 is 10.6 Å². The molecule has 1 fully saturated rings. The van der Waals surface area contributed by atoms with Gasteiger partial charge in [0.2, 0.25) is 11.8 Å². The summed E-state index contributed by atoms with van der Waals surface area (Å²) < 4.78 is 4.85. The van der Waals surface area contributed by atoms with Gasteiger partial charge in [0.25, 0.3) is 0 Å². The van der Waals surface area contributed by atoms with Crippen LogP contribution in [0.15, 0.2) is 0 Å². The number of esters is 1. The summed E-state index contributed by atoms with van der Waals surface area (Å²) in [6.07, 6.45) is 12.4. The largest absolute Gasteiger partial charge is 0.465 e. The first kappa shape index (κ1) is 26.4. The summed E-state index contributed by atoms with van der Waals surface area (Å²) in [7, 11) is 0. The van der Waals surface area contributed by atoms with Crippen LogP contribution in [0.2, 0.25) is 0 Å². The second kappa shape index (κ2) is 15.2. The molecule has 2 N–H and O–H groups in total. The smallest absolute Gasteiger partial charge is 0.325 e. The average Bonchev–Trinajstić information content (AvgIpc) is 2.71. The topological polar surface area (TPSA) is 84.5 Å². The Balaban J connectivity index is 2.42. The highest BCUT2D eigenvalue weighted by molar-refractivity contribution is 5.90. The molecule has 1 aliphatic carbocycles. The van der Waals surface area contributed by atoms with Gasteiger partial charge < -0.3 is 15.4 Å². The molecule has 0 aliphatic heterocycles. The highest BCUT2D eigenvalue weighted by atomic mass is 16.5. The first-order valence-corrected chi connectivity index (χ1v) is 12.1. The van der Waals surface area contributed by atoms with E-state index in [1.807, 2.05) is 13.8 Å².